The third-order valence-corrected chi connectivity index (χ3v) is 4.27. The minimum absolute atomic E-state index is 0.665. The molecule has 0 aliphatic heterocycles. The molecule has 0 amide bonds. The summed E-state index contributed by atoms with van der Waals surface area (Å²) in [5.41, 5.74) is 0. The Labute approximate surface area is 138 Å². The summed E-state index contributed by atoms with van der Waals surface area (Å²) in [5, 5.41) is 4.14. The van der Waals surface area contributed by atoms with Gasteiger partial charge in [-0.3, -0.25) is 0 Å². The highest BCUT2D eigenvalue weighted by Crippen LogP contribution is 2.20. The predicted molar refractivity (Wildman–Crippen MR) is 92.7 cm³/mol. The first kappa shape index (κ1) is 17.0. The van der Waals surface area contributed by atoms with Gasteiger partial charge in [-0.1, -0.05) is 12.2 Å². The Bertz CT molecular complexity index is 459. The maximum Gasteiger partial charge on any atom is 0.169 e. The molecular formula is C17H26N2O2S. The molecule has 1 aromatic rings. The van der Waals surface area contributed by atoms with E-state index in [2.05, 4.69) is 22.4 Å². The predicted octanol–water partition coefficient (Wildman–Crippen LogP) is 3.35. The number of methoxy groups -OCH3 is 1. The second kappa shape index (κ2) is 9.64. The van der Waals surface area contributed by atoms with Gasteiger partial charge in [0.25, 0.3) is 0 Å². The lowest BCUT2D eigenvalue weighted by Crippen LogP contribution is -2.42. The summed E-state index contributed by atoms with van der Waals surface area (Å²) in [5.74, 6) is 1.62. The van der Waals surface area contributed by atoms with Crippen LogP contribution in [0.4, 0.5) is 0 Å². The molecule has 0 saturated heterocycles. The number of furan rings is 1. The van der Waals surface area contributed by atoms with Crippen molar-refractivity contribution in [3.8, 4) is 0 Å². The van der Waals surface area contributed by atoms with Crippen molar-refractivity contribution >= 4 is 17.3 Å². The van der Waals surface area contributed by atoms with E-state index in [1.807, 2.05) is 12.1 Å². The van der Waals surface area contributed by atoms with E-state index in [1.165, 1.54) is 12.8 Å². The van der Waals surface area contributed by atoms with Gasteiger partial charge in [-0.15, -0.1) is 0 Å². The highest BCUT2D eigenvalue weighted by Gasteiger charge is 2.18. The largest absolute Gasteiger partial charge is 0.467 e. The van der Waals surface area contributed by atoms with E-state index in [4.69, 9.17) is 21.4 Å². The van der Waals surface area contributed by atoms with Crippen molar-refractivity contribution in [1.82, 2.24) is 10.2 Å². The van der Waals surface area contributed by atoms with Crippen LogP contribution in [-0.2, 0) is 11.3 Å². The number of hydrogen-bond donors (Lipinski definition) is 1. The summed E-state index contributed by atoms with van der Waals surface area (Å²) in [4.78, 5) is 2.23. The summed E-state index contributed by atoms with van der Waals surface area (Å²) in [6.07, 6.45) is 10.8. The van der Waals surface area contributed by atoms with Crippen molar-refractivity contribution < 1.29 is 9.15 Å². The van der Waals surface area contributed by atoms with Crippen LogP contribution in [0.1, 0.15) is 31.4 Å². The van der Waals surface area contributed by atoms with E-state index >= 15 is 0 Å². The van der Waals surface area contributed by atoms with Crippen molar-refractivity contribution in [2.75, 3.05) is 26.8 Å². The summed E-state index contributed by atoms with van der Waals surface area (Å²) >= 11 is 5.58. The van der Waals surface area contributed by atoms with Gasteiger partial charge in [-0.25, -0.2) is 0 Å². The Hall–Kier alpha value is -1.33. The first-order valence-electron chi connectivity index (χ1n) is 7.98. The fraction of sp³-hybridized carbons (Fsp3) is 0.588. The number of allylic oxidation sites excluding steroid dienone is 2. The molecule has 5 heteroatoms. The molecule has 1 heterocycles. The van der Waals surface area contributed by atoms with Gasteiger partial charge in [0, 0.05) is 26.8 Å². The normalized spacial score (nSPS) is 17.4. The van der Waals surface area contributed by atoms with Crippen LogP contribution in [0.25, 0.3) is 0 Å². The van der Waals surface area contributed by atoms with Crippen LogP contribution < -0.4 is 5.32 Å². The molecule has 1 unspecified atom stereocenters. The molecule has 2 rings (SSSR count). The van der Waals surface area contributed by atoms with Gasteiger partial charge in [0.15, 0.2) is 5.11 Å². The number of nitrogens with one attached hydrogen (secondary N) is 1. The molecule has 1 aromatic heterocycles. The van der Waals surface area contributed by atoms with E-state index < -0.39 is 0 Å². The minimum atomic E-state index is 0.665. The number of rotatable bonds is 8. The van der Waals surface area contributed by atoms with Crippen molar-refractivity contribution in [2.45, 2.75) is 32.2 Å². The standard InChI is InChI=1S/C17H26N2O2S/c1-20-11-6-10-18-17(22)19(14-16-9-5-12-21-16)13-15-7-3-2-4-8-15/h2-3,5,9,12,15H,4,6-8,10-11,13-14H2,1H3,(H,18,22). The molecule has 0 fully saturated rings. The fourth-order valence-electron chi connectivity index (χ4n) is 2.67. The second-order valence-corrected chi connectivity index (χ2v) is 6.08. The van der Waals surface area contributed by atoms with Gasteiger partial charge in [0.05, 0.1) is 12.8 Å². The summed E-state index contributed by atoms with van der Waals surface area (Å²) in [7, 11) is 1.72. The van der Waals surface area contributed by atoms with Crippen molar-refractivity contribution in [1.29, 1.82) is 0 Å². The lowest BCUT2D eigenvalue weighted by Gasteiger charge is -2.30. The molecule has 1 N–H and O–H groups in total. The Morgan fingerprint density at radius 2 is 2.41 bits per heavy atom. The molecular weight excluding hydrogens is 296 g/mol. The number of ether oxygens (including phenoxy) is 1. The van der Waals surface area contributed by atoms with Gasteiger partial charge < -0.3 is 19.4 Å². The molecule has 0 aromatic carbocycles. The van der Waals surface area contributed by atoms with Crippen molar-refractivity contribution in [3.63, 3.8) is 0 Å². The molecule has 1 aliphatic carbocycles. The maximum absolute atomic E-state index is 5.58. The molecule has 4 nitrogen and oxygen atoms in total. The van der Waals surface area contributed by atoms with Gasteiger partial charge in [-0.2, -0.15) is 0 Å². The quantitative estimate of drug-likeness (QED) is 0.451. The Kier molecular flexibility index (Phi) is 7.46. The molecule has 0 saturated carbocycles. The molecule has 0 radical (unpaired) electrons. The van der Waals surface area contributed by atoms with Crippen LogP contribution in [0.5, 0.6) is 0 Å². The third-order valence-electron chi connectivity index (χ3n) is 3.87. The highest BCUT2D eigenvalue weighted by atomic mass is 32.1. The Morgan fingerprint density at radius 1 is 1.50 bits per heavy atom. The summed E-state index contributed by atoms with van der Waals surface area (Å²) in [6, 6.07) is 3.92. The van der Waals surface area contributed by atoms with Crippen LogP contribution in [0.2, 0.25) is 0 Å². The van der Waals surface area contributed by atoms with E-state index in [1.54, 1.807) is 13.4 Å². The first-order valence-corrected chi connectivity index (χ1v) is 8.39. The van der Waals surface area contributed by atoms with Crippen LogP contribution in [0.3, 0.4) is 0 Å². The van der Waals surface area contributed by atoms with E-state index in [0.29, 0.717) is 5.92 Å². The molecule has 122 valence electrons. The molecule has 1 aliphatic rings. The van der Waals surface area contributed by atoms with Crippen LogP contribution in [-0.4, -0.2) is 36.8 Å². The smallest absolute Gasteiger partial charge is 0.169 e. The highest BCUT2D eigenvalue weighted by molar-refractivity contribution is 7.80. The Balaban J connectivity index is 1.88. The maximum atomic E-state index is 5.58. The van der Waals surface area contributed by atoms with E-state index in [9.17, 15) is 0 Å². The number of thiocarbonyl (C=S) groups is 1. The zero-order chi connectivity index (χ0) is 15.6. The zero-order valence-electron chi connectivity index (χ0n) is 13.3. The van der Waals surface area contributed by atoms with Crippen LogP contribution >= 0.6 is 12.2 Å². The van der Waals surface area contributed by atoms with Gasteiger partial charge in [0.2, 0.25) is 0 Å². The fourth-order valence-corrected chi connectivity index (χ4v) is 2.91. The van der Waals surface area contributed by atoms with E-state index in [-0.39, 0.29) is 0 Å². The Morgan fingerprint density at radius 3 is 3.09 bits per heavy atom. The van der Waals surface area contributed by atoms with Crippen LogP contribution in [0, 0.1) is 5.92 Å². The van der Waals surface area contributed by atoms with E-state index in [0.717, 1.165) is 50.0 Å². The monoisotopic (exact) mass is 322 g/mol. The van der Waals surface area contributed by atoms with Gasteiger partial charge in [-0.05, 0) is 56.0 Å². The SMILES string of the molecule is COCCCNC(=S)N(Cc1ccco1)CC1CC=CCC1. The molecule has 1 atom stereocenters. The van der Waals surface area contributed by atoms with Crippen LogP contribution in [0.15, 0.2) is 35.0 Å². The first-order chi connectivity index (χ1) is 10.8. The zero-order valence-corrected chi connectivity index (χ0v) is 14.1. The average Bonchev–Trinajstić information content (AvgIpc) is 3.05. The molecule has 0 bridgehead atoms. The lowest BCUT2D eigenvalue weighted by molar-refractivity contribution is 0.195. The van der Waals surface area contributed by atoms with Crippen molar-refractivity contribution in [3.05, 3.63) is 36.3 Å². The average molecular weight is 322 g/mol. The van der Waals surface area contributed by atoms with Crippen molar-refractivity contribution in [2.24, 2.45) is 5.92 Å². The second-order valence-electron chi connectivity index (χ2n) is 5.69. The van der Waals surface area contributed by atoms with Gasteiger partial charge >= 0.3 is 0 Å². The minimum Gasteiger partial charge on any atom is -0.467 e. The summed E-state index contributed by atoms with van der Waals surface area (Å²) in [6.45, 7) is 3.29. The summed E-state index contributed by atoms with van der Waals surface area (Å²) < 4.78 is 10.6. The van der Waals surface area contributed by atoms with Gasteiger partial charge in [0.1, 0.15) is 5.76 Å². The molecule has 0 spiro atoms. The lowest BCUT2D eigenvalue weighted by atomic mass is 9.94. The number of nitrogens with zero attached hydrogens (tertiary/aromatic N) is 1. The number of hydrogen-bond acceptors (Lipinski definition) is 3. The third kappa shape index (κ3) is 5.81. The molecule has 22 heavy (non-hydrogen) atoms. The topological polar surface area (TPSA) is 37.6 Å².